The summed E-state index contributed by atoms with van der Waals surface area (Å²) in [5, 5.41) is 11.2. The summed E-state index contributed by atoms with van der Waals surface area (Å²) in [6.07, 6.45) is 6.95. The molecule has 3 aliphatic rings. The van der Waals surface area contributed by atoms with Crippen LogP contribution in [-0.4, -0.2) is 10.9 Å². The van der Waals surface area contributed by atoms with Crippen LogP contribution in [0.1, 0.15) is 42.9 Å². The third-order valence-corrected chi connectivity index (χ3v) is 6.45. The normalized spacial score (nSPS) is 27.4. The first-order valence-electron chi connectivity index (χ1n) is 10.3. The number of carbonyl (C=O) groups is 1. The van der Waals surface area contributed by atoms with Crippen molar-refractivity contribution < 1.29 is 9.90 Å². The molecule has 3 aliphatic carbocycles. The van der Waals surface area contributed by atoms with Crippen molar-refractivity contribution in [3.63, 3.8) is 0 Å². The molecule has 0 aromatic heterocycles. The standard InChI is InChI=1S/C26H28O2/c1-16-13-22(21-7-5-4-6-8-21)14-17(2)24(16)25-23(27)15-19-9-11-20(12-10-19)18(3)26(25)28/h4-9,11,13-14,18-20,28H,10,12,15H2,1-3H3/b26-25-/t18-,19-,20+/m1/s1. The van der Waals surface area contributed by atoms with Crippen molar-refractivity contribution >= 4 is 11.4 Å². The average Bonchev–Trinajstić information content (AvgIpc) is 2.76. The van der Waals surface area contributed by atoms with Gasteiger partial charge >= 0.3 is 0 Å². The van der Waals surface area contributed by atoms with Crippen molar-refractivity contribution in [1.82, 2.24) is 0 Å². The molecule has 2 nitrogen and oxygen atoms in total. The van der Waals surface area contributed by atoms with Gasteiger partial charge in [0.1, 0.15) is 5.76 Å². The quantitative estimate of drug-likeness (QED) is 0.617. The van der Waals surface area contributed by atoms with Crippen LogP contribution in [0.5, 0.6) is 0 Å². The van der Waals surface area contributed by atoms with Gasteiger partial charge in [0, 0.05) is 12.3 Å². The summed E-state index contributed by atoms with van der Waals surface area (Å²) in [5.41, 5.74) is 5.85. The summed E-state index contributed by atoms with van der Waals surface area (Å²) in [6, 6.07) is 14.6. The number of hydrogen-bond acceptors (Lipinski definition) is 2. The number of fused-ring (bicyclic) bond motifs is 4. The maximum Gasteiger partial charge on any atom is 0.167 e. The molecule has 0 amide bonds. The fourth-order valence-corrected chi connectivity index (χ4v) is 4.82. The fourth-order valence-electron chi connectivity index (χ4n) is 4.82. The Hall–Kier alpha value is -2.61. The summed E-state index contributed by atoms with van der Waals surface area (Å²) < 4.78 is 0. The van der Waals surface area contributed by atoms with Crippen molar-refractivity contribution in [2.45, 2.75) is 40.0 Å². The Morgan fingerprint density at radius 2 is 1.61 bits per heavy atom. The highest BCUT2D eigenvalue weighted by atomic mass is 16.3. The number of aliphatic hydroxyl groups is 1. The predicted octanol–water partition coefficient (Wildman–Crippen LogP) is 6.43. The third-order valence-electron chi connectivity index (χ3n) is 6.45. The van der Waals surface area contributed by atoms with E-state index in [9.17, 15) is 9.90 Å². The molecule has 1 N–H and O–H groups in total. The maximum absolute atomic E-state index is 13.3. The van der Waals surface area contributed by atoms with Gasteiger partial charge in [-0.3, -0.25) is 4.79 Å². The molecule has 0 spiro atoms. The fraction of sp³-hybridized carbons (Fsp3) is 0.346. The molecule has 2 heteroatoms. The van der Waals surface area contributed by atoms with Gasteiger partial charge in [-0.2, -0.15) is 0 Å². The van der Waals surface area contributed by atoms with Crippen LogP contribution >= 0.6 is 0 Å². The van der Waals surface area contributed by atoms with Crippen LogP contribution in [0.3, 0.4) is 0 Å². The zero-order valence-corrected chi connectivity index (χ0v) is 16.9. The lowest BCUT2D eigenvalue weighted by Gasteiger charge is -2.25. The Kier molecular flexibility index (Phi) is 4.97. The molecule has 3 atom stereocenters. The summed E-state index contributed by atoms with van der Waals surface area (Å²) in [5.74, 6) is 0.894. The predicted molar refractivity (Wildman–Crippen MR) is 115 cm³/mol. The van der Waals surface area contributed by atoms with Crippen LogP contribution in [0.15, 0.2) is 60.4 Å². The van der Waals surface area contributed by atoms with Crippen LogP contribution < -0.4 is 0 Å². The highest BCUT2D eigenvalue weighted by Gasteiger charge is 2.32. The van der Waals surface area contributed by atoms with Gasteiger partial charge in [-0.15, -0.1) is 0 Å². The van der Waals surface area contributed by atoms with E-state index < -0.39 is 0 Å². The van der Waals surface area contributed by atoms with Crippen molar-refractivity contribution in [2.24, 2.45) is 17.8 Å². The molecule has 0 unspecified atom stereocenters. The third kappa shape index (κ3) is 3.32. The molecule has 5 rings (SSSR count). The summed E-state index contributed by atoms with van der Waals surface area (Å²) in [6.45, 7) is 6.14. The Labute approximate surface area is 167 Å². The second-order valence-corrected chi connectivity index (χ2v) is 8.41. The molecule has 0 aliphatic heterocycles. The summed E-state index contributed by atoms with van der Waals surface area (Å²) >= 11 is 0. The van der Waals surface area contributed by atoms with Crippen LogP contribution in [0.25, 0.3) is 16.7 Å². The highest BCUT2D eigenvalue weighted by Crippen LogP contribution is 2.40. The minimum atomic E-state index is -0.0400. The highest BCUT2D eigenvalue weighted by molar-refractivity contribution is 6.22. The van der Waals surface area contributed by atoms with Crippen LogP contribution in [0.4, 0.5) is 0 Å². The number of aryl methyl sites for hydroxylation is 2. The molecule has 2 aromatic rings. The van der Waals surface area contributed by atoms with E-state index in [2.05, 4.69) is 36.4 Å². The lowest BCUT2D eigenvalue weighted by Crippen LogP contribution is -2.16. The number of rotatable bonds is 2. The van der Waals surface area contributed by atoms with Crippen LogP contribution in [-0.2, 0) is 4.79 Å². The largest absolute Gasteiger partial charge is 0.511 e. The summed E-state index contributed by atoms with van der Waals surface area (Å²) in [4.78, 5) is 13.3. The number of aliphatic hydroxyl groups excluding tert-OH is 1. The lowest BCUT2D eigenvalue weighted by molar-refractivity contribution is -0.114. The molecule has 0 saturated heterocycles. The monoisotopic (exact) mass is 372 g/mol. The molecular weight excluding hydrogens is 344 g/mol. The molecule has 2 bridgehead atoms. The summed E-state index contributed by atoms with van der Waals surface area (Å²) in [7, 11) is 0. The van der Waals surface area contributed by atoms with Gasteiger partial charge < -0.3 is 5.11 Å². The zero-order valence-electron chi connectivity index (χ0n) is 16.9. The first-order valence-corrected chi connectivity index (χ1v) is 10.3. The molecule has 0 saturated carbocycles. The van der Waals surface area contributed by atoms with E-state index in [0.717, 1.165) is 40.7 Å². The Bertz CT molecular complexity index is 942. The molecule has 28 heavy (non-hydrogen) atoms. The number of hydrogen-bond donors (Lipinski definition) is 1. The Morgan fingerprint density at radius 3 is 2.21 bits per heavy atom. The van der Waals surface area contributed by atoms with E-state index in [1.165, 1.54) is 0 Å². The van der Waals surface area contributed by atoms with E-state index in [4.69, 9.17) is 0 Å². The number of carbonyl (C=O) groups excluding carboxylic acids is 1. The smallest absolute Gasteiger partial charge is 0.167 e. The second kappa shape index (κ2) is 7.43. The van der Waals surface area contributed by atoms with Gasteiger partial charge in [-0.25, -0.2) is 0 Å². The van der Waals surface area contributed by atoms with Crippen molar-refractivity contribution in [2.75, 3.05) is 0 Å². The van der Waals surface area contributed by atoms with E-state index in [1.807, 2.05) is 39.0 Å². The Balaban J connectivity index is 1.85. The maximum atomic E-state index is 13.3. The van der Waals surface area contributed by atoms with Gasteiger partial charge in [0.2, 0.25) is 0 Å². The molecular formula is C26H28O2. The minimum absolute atomic E-state index is 0.0400. The van der Waals surface area contributed by atoms with Crippen molar-refractivity contribution in [3.8, 4) is 11.1 Å². The number of benzene rings is 2. The minimum Gasteiger partial charge on any atom is -0.511 e. The SMILES string of the molecule is Cc1cc(-c2ccccc2)cc(C)c1/C1=C(\O)[C@H](C)[C@H]2C=C[C@H](CC2)CC1=O. The number of allylic oxidation sites excluding steroid dienone is 4. The lowest BCUT2D eigenvalue weighted by atomic mass is 9.81. The van der Waals surface area contributed by atoms with Gasteiger partial charge in [0.25, 0.3) is 0 Å². The van der Waals surface area contributed by atoms with Gasteiger partial charge in [-0.05, 0) is 66.3 Å². The van der Waals surface area contributed by atoms with E-state index in [0.29, 0.717) is 23.8 Å². The molecule has 144 valence electrons. The second-order valence-electron chi connectivity index (χ2n) is 8.41. The number of Topliss-reactive ketones (excluding diaryl/α,β-unsaturated/α-hetero) is 1. The number of ketones is 1. The van der Waals surface area contributed by atoms with Gasteiger partial charge in [0.05, 0.1) is 5.57 Å². The molecule has 0 heterocycles. The molecule has 0 radical (unpaired) electrons. The van der Waals surface area contributed by atoms with Crippen LogP contribution in [0, 0.1) is 31.6 Å². The van der Waals surface area contributed by atoms with E-state index >= 15 is 0 Å². The van der Waals surface area contributed by atoms with Gasteiger partial charge in [0.15, 0.2) is 5.78 Å². The van der Waals surface area contributed by atoms with Crippen LogP contribution in [0.2, 0.25) is 0 Å². The Morgan fingerprint density at radius 1 is 0.929 bits per heavy atom. The van der Waals surface area contributed by atoms with Crippen molar-refractivity contribution in [3.05, 3.63) is 77.1 Å². The zero-order chi connectivity index (χ0) is 19.8. The first-order chi connectivity index (χ1) is 13.5. The first kappa shape index (κ1) is 18.7. The van der Waals surface area contributed by atoms with E-state index in [-0.39, 0.29) is 17.5 Å². The van der Waals surface area contributed by atoms with E-state index in [1.54, 1.807) is 0 Å². The van der Waals surface area contributed by atoms with Gasteiger partial charge in [-0.1, -0.05) is 61.5 Å². The molecule has 2 aromatic carbocycles. The average molecular weight is 373 g/mol. The molecule has 0 fully saturated rings. The topological polar surface area (TPSA) is 37.3 Å². The van der Waals surface area contributed by atoms with Crippen molar-refractivity contribution in [1.29, 1.82) is 0 Å².